The highest BCUT2D eigenvalue weighted by molar-refractivity contribution is 6.00. The molecule has 2 aromatic heterocycles. The number of pyridine rings is 1. The number of alkyl halides is 3. The Balaban J connectivity index is 1.44. The minimum atomic E-state index is -4.62. The van der Waals surface area contributed by atoms with Crippen LogP contribution in [0.1, 0.15) is 55.0 Å². The molecule has 1 saturated carbocycles. The molecule has 5 aliphatic rings. The van der Waals surface area contributed by atoms with E-state index < -0.39 is 11.7 Å². The van der Waals surface area contributed by atoms with Gasteiger partial charge >= 0.3 is 6.18 Å². The van der Waals surface area contributed by atoms with Gasteiger partial charge in [0, 0.05) is 54.0 Å². The number of fused-ring (bicyclic) bond motifs is 1. The number of likely N-dealkylation sites (tertiary alicyclic amines) is 1. The highest BCUT2D eigenvalue weighted by atomic mass is 19.4. The van der Waals surface area contributed by atoms with Crippen molar-refractivity contribution in [3.8, 4) is 17.2 Å². The second-order valence-corrected chi connectivity index (χ2v) is 12.6. The van der Waals surface area contributed by atoms with Crippen LogP contribution in [-0.4, -0.2) is 52.2 Å². The van der Waals surface area contributed by atoms with E-state index in [2.05, 4.69) is 41.6 Å². The van der Waals surface area contributed by atoms with Crippen molar-refractivity contribution in [1.29, 1.82) is 5.26 Å². The zero-order valence-corrected chi connectivity index (χ0v) is 22.4. The minimum absolute atomic E-state index is 0.00890. The molecule has 1 aromatic carbocycles. The Kier molecular flexibility index (Phi) is 5.08. The molecule has 2 atom stereocenters. The third-order valence-corrected chi connectivity index (χ3v) is 10.1. The Morgan fingerprint density at radius 3 is 2.70 bits per heavy atom. The number of benzene rings is 1. The van der Waals surface area contributed by atoms with Crippen LogP contribution in [0.3, 0.4) is 0 Å². The molecule has 4 heterocycles. The van der Waals surface area contributed by atoms with Gasteiger partial charge in [-0.15, -0.1) is 0 Å². The molecule has 10 heteroatoms. The van der Waals surface area contributed by atoms with E-state index in [4.69, 9.17) is 4.98 Å². The summed E-state index contributed by atoms with van der Waals surface area (Å²) in [5, 5.41) is 17.8. The normalized spacial score (nSPS) is 23.9. The number of H-pyrrole nitrogens is 1. The summed E-state index contributed by atoms with van der Waals surface area (Å²) in [5.41, 5.74) is 1.72. The Hall–Kier alpha value is -3.87. The van der Waals surface area contributed by atoms with Crippen LogP contribution in [0.5, 0.6) is 0 Å². The SMILES string of the molecule is C=CC(=O)N1CC2(CCN(c3nc4c(c(-c5c(C(F)(F)F)ccc6[nH]ncc56)c3C#N)C[C@H]3C[C@@H]4C3(C)C)C2)C1. The van der Waals surface area contributed by atoms with E-state index in [0.29, 0.717) is 60.8 Å². The number of hydrogen-bond donors (Lipinski definition) is 1. The summed E-state index contributed by atoms with van der Waals surface area (Å²) in [6.07, 6.45) is 0.464. The largest absolute Gasteiger partial charge is 0.417 e. The first-order chi connectivity index (χ1) is 19.0. The van der Waals surface area contributed by atoms with Crippen molar-refractivity contribution in [2.75, 3.05) is 31.1 Å². The molecule has 2 aliphatic heterocycles. The second-order valence-electron chi connectivity index (χ2n) is 12.6. The number of nitrogens with zero attached hydrogens (tertiary/aromatic N) is 5. The van der Waals surface area contributed by atoms with E-state index in [1.807, 2.05) is 0 Å². The van der Waals surface area contributed by atoms with E-state index >= 15 is 0 Å². The maximum atomic E-state index is 14.6. The number of amides is 1. The van der Waals surface area contributed by atoms with Crippen molar-refractivity contribution in [3.63, 3.8) is 0 Å². The summed E-state index contributed by atoms with van der Waals surface area (Å²) in [5.74, 6) is 0.784. The molecule has 3 aromatic rings. The molecule has 1 N–H and O–H groups in total. The van der Waals surface area contributed by atoms with E-state index in [-0.39, 0.29) is 33.8 Å². The molecule has 1 spiro atoms. The molecular formula is C30H29F3N6O. The molecule has 1 amide bonds. The van der Waals surface area contributed by atoms with Gasteiger partial charge in [0.05, 0.1) is 23.0 Å². The number of rotatable bonds is 3. The smallest absolute Gasteiger partial charge is 0.355 e. The Morgan fingerprint density at radius 1 is 1.25 bits per heavy atom. The average Bonchev–Trinajstić information content (AvgIpc) is 3.57. The third kappa shape index (κ3) is 3.33. The first kappa shape index (κ1) is 25.1. The number of nitrogens with one attached hydrogen (secondary N) is 1. The Morgan fingerprint density at radius 2 is 2.02 bits per heavy atom. The monoisotopic (exact) mass is 546 g/mol. The van der Waals surface area contributed by atoms with Gasteiger partial charge in [0.15, 0.2) is 0 Å². The summed E-state index contributed by atoms with van der Waals surface area (Å²) in [4.78, 5) is 21.0. The fourth-order valence-corrected chi connectivity index (χ4v) is 7.75. The quantitative estimate of drug-likeness (QED) is 0.443. The van der Waals surface area contributed by atoms with Gasteiger partial charge < -0.3 is 9.80 Å². The van der Waals surface area contributed by atoms with E-state index in [1.165, 1.54) is 18.3 Å². The van der Waals surface area contributed by atoms with Crippen LogP contribution in [0.15, 0.2) is 31.0 Å². The van der Waals surface area contributed by atoms with E-state index in [9.17, 15) is 23.2 Å². The van der Waals surface area contributed by atoms with Gasteiger partial charge in [-0.1, -0.05) is 20.4 Å². The number of carbonyl (C=O) groups excluding carboxylic acids is 1. The van der Waals surface area contributed by atoms with E-state index in [0.717, 1.165) is 30.2 Å². The summed E-state index contributed by atoms with van der Waals surface area (Å²) in [6, 6.07) is 4.78. The number of halogens is 3. The van der Waals surface area contributed by atoms with Gasteiger partial charge in [0.25, 0.3) is 0 Å². The van der Waals surface area contributed by atoms with Gasteiger partial charge in [0.1, 0.15) is 17.5 Å². The molecule has 0 radical (unpaired) electrons. The van der Waals surface area contributed by atoms with Crippen molar-refractivity contribution in [1.82, 2.24) is 20.1 Å². The summed E-state index contributed by atoms with van der Waals surface area (Å²) in [7, 11) is 0. The van der Waals surface area contributed by atoms with Crippen molar-refractivity contribution in [2.45, 2.75) is 45.2 Å². The van der Waals surface area contributed by atoms with Crippen molar-refractivity contribution in [2.24, 2.45) is 16.7 Å². The predicted molar refractivity (Wildman–Crippen MR) is 143 cm³/mol. The van der Waals surface area contributed by atoms with Crippen LogP contribution >= 0.6 is 0 Å². The lowest BCUT2D eigenvalue weighted by Gasteiger charge is -2.57. The van der Waals surface area contributed by atoms with Crippen LogP contribution in [0.25, 0.3) is 22.0 Å². The molecule has 40 heavy (non-hydrogen) atoms. The lowest BCUT2D eigenvalue weighted by atomic mass is 9.48. The zero-order valence-electron chi connectivity index (χ0n) is 22.4. The van der Waals surface area contributed by atoms with Crippen molar-refractivity contribution < 1.29 is 18.0 Å². The number of hydrogen-bond acceptors (Lipinski definition) is 5. The maximum Gasteiger partial charge on any atom is 0.417 e. The lowest BCUT2D eigenvalue weighted by molar-refractivity contribution is -0.137. The minimum Gasteiger partial charge on any atom is -0.355 e. The standard InChI is InChI=1S/C30H29F3N6O/c1-4-23(40)39-14-29(15-39)7-8-38(13-29)27-18(11-34)24(17-9-16-10-21(26(17)36-27)28(16,2)3)25-19-12-35-37-22(19)6-5-20(25)30(31,32)33/h4-6,12,16,21H,1,7-10,13-15H2,2-3H3,(H,35,37)/t16-,21-/m0/s1. The maximum absolute atomic E-state index is 14.6. The molecule has 3 fully saturated rings. The molecule has 3 aliphatic carbocycles. The van der Waals surface area contributed by atoms with E-state index in [1.54, 1.807) is 4.90 Å². The topological polar surface area (TPSA) is 88.9 Å². The molecule has 0 unspecified atom stereocenters. The van der Waals surface area contributed by atoms with Crippen LogP contribution in [0.2, 0.25) is 0 Å². The number of aromatic nitrogens is 3. The van der Waals surface area contributed by atoms with Crippen LogP contribution in [0, 0.1) is 28.1 Å². The Bertz CT molecular complexity index is 1640. The van der Waals surface area contributed by atoms with Gasteiger partial charge in [-0.2, -0.15) is 23.5 Å². The highest BCUT2D eigenvalue weighted by Crippen LogP contribution is 2.64. The lowest BCUT2D eigenvalue weighted by Crippen LogP contribution is -2.59. The van der Waals surface area contributed by atoms with Gasteiger partial charge in [-0.3, -0.25) is 9.89 Å². The predicted octanol–water partition coefficient (Wildman–Crippen LogP) is 5.43. The Labute approximate surface area is 229 Å². The molecule has 7 nitrogen and oxygen atoms in total. The third-order valence-electron chi connectivity index (χ3n) is 10.1. The van der Waals surface area contributed by atoms with Gasteiger partial charge in [-0.25, -0.2) is 4.98 Å². The number of nitriles is 1. The molecule has 206 valence electrons. The summed E-state index contributed by atoms with van der Waals surface area (Å²) in [6.45, 7) is 10.4. The summed E-state index contributed by atoms with van der Waals surface area (Å²) < 4.78 is 43.7. The van der Waals surface area contributed by atoms with Gasteiger partial charge in [-0.05, 0) is 54.4 Å². The molecule has 8 rings (SSSR count). The van der Waals surface area contributed by atoms with Crippen LogP contribution in [-0.2, 0) is 17.4 Å². The second kappa shape index (κ2) is 8.09. The first-order valence-corrected chi connectivity index (χ1v) is 13.6. The average molecular weight is 547 g/mol. The number of aromatic amines is 1. The van der Waals surface area contributed by atoms with Crippen LogP contribution < -0.4 is 4.90 Å². The van der Waals surface area contributed by atoms with Crippen LogP contribution in [0.4, 0.5) is 19.0 Å². The number of carbonyl (C=O) groups is 1. The van der Waals surface area contributed by atoms with Gasteiger partial charge in [0.2, 0.25) is 5.91 Å². The highest BCUT2D eigenvalue weighted by Gasteiger charge is 2.55. The molecule has 2 bridgehead atoms. The fourth-order valence-electron chi connectivity index (χ4n) is 7.75. The zero-order chi connectivity index (χ0) is 28.2. The molecular weight excluding hydrogens is 517 g/mol. The molecule has 2 saturated heterocycles. The summed E-state index contributed by atoms with van der Waals surface area (Å²) >= 11 is 0. The first-order valence-electron chi connectivity index (χ1n) is 13.6. The number of anilines is 1. The van der Waals surface area contributed by atoms with Crippen molar-refractivity contribution in [3.05, 3.63) is 53.4 Å². The van der Waals surface area contributed by atoms with Crippen molar-refractivity contribution >= 4 is 22.6 Å². The fraction of sp³-hybridized carbons (Fsp3) is 0.467.